The van der Waals surface area contributed by atoms with Crippen LogP contribution in [0, 0.1) is 0 Å². The van der Waals surface area contributed by atoms with E-state index in [9.17, 15) is 4.79 Å². The highest BCUT2D eigenvalue weighted by Gasteiger charge is 2.19. The minimum absolute atomic E-state index is 0.149. The van der Waals surface area contributed by atoms with E-state index in [-0.39, 0.29) is 5.91 Å². The maximum Gasteiger partial charge on any atom is 0.263 e. The van der Waals surface area contributed by atoms with Crippen LogP contribution in [-0.2, 0) is 19.4 Å². The lowest BCUT2D eigenvalue weighted by Gasteiger charge is -2.15. The van der Waals surface area contributed by atoms with Crippen molar-refractivity contribution in [1.82, 2.24) is 4.90 Å². The summed E-state index contributed by atoms with van der Waals surface area (Å²) in [7, 11) is 1.89. The van der Waals surface area contributed by atoms with Crippen LogP contribution in [0.25, 0.3) is 0 Å². The van der Waals surface area contributed by atoms with E-state index < -0.39 is 0 Å². The molecule has 0 atom stereocenters. The lowest BCUT2D eigenvalue weighted by Crippen LogP contribution is -2.25. The molecule has 0 saturated carbocycles. The number of fused-ring (bicyclic) bond motifs is 1. The molecule has 0 saturated heterocycles. The van der Waals surface area contributed by atoms with Gasteiger partial charge in [0.1, 0.15) is 0 Å². The average Bonchev–Trinajstić information content (AvgIpc) is 2.99. The monoisotopic (exact) mass is 383 g/mol. The van der Waals surface area contributed by atoms with E-state index in [0.29, 0.717) is 6.54 Å². The lowest BCUT2D eigenvalue weighted by atomic mass is 10.1. The van der Waals surface area contributed by atoms with Gasteiger partial charge in [-0.05, 0) is 70.3 Å². The standard InChI is InChI=1S/C16H18BrNOS2/c1-18(9-11-7-15(17)20-10-11)16(19)14-8-12-5-3-2-4-6-13(12)21-14/h7-8,10H,2-6,9H2,1H3. The third kappa shape index (κ3) is 3.58. The van der Waals surface area contributed by atoms with Gasteiger partial charge in [0.25, 0.3) is 5.91 Å². The molecule has 3 rings (SSSR count). The van der Waals surface area contributed by atoms with E-state index in [2.05, 4.69) is 33.4 Å². The number of carbonyl (C=O) groups is 1. The topological polar surface area (TPSA) is 20.3 Å². The zero-order chi connectivity index (χ0) is 14.8. The number of carbonyl (C=O) groups excluding carboxylic acids is 1. The Balaban J connectivity index is 1.72. The molecule has 1 amide bonds. The predicted molar refractivity (Wildman–Crippen MR) is 93.4 cm³/mol. The van der Waals surface area contributed by atoms with Crippen molar-refractivity contribution in [1.29, 1.82) is 0 Å². The molecular weight excluding hydrogens is 366 g/mol. The minimum Gasteiger partial charge on any atom is -0.337 e. The largest absolute Gasteiger partial charge is 0.337 e. The fraction of sp³-hybridized carbons (Fsp3) is 0.438. The van der Waals surface area contributed by atoms with Crippen molar-refractivity contribution in [2.45, 2.75) is 38.6 Å². The summed E-state index contributed by atoms with van der Waals surface area (Å²) in [6.45, 7) is 0.670. The number of halogens is 1. The molecule has 0 unspecified atom stereocenters. The molecule has 0 N–H and O–H groups in total. The van der Waals surface area contributed by atoms with Gasteiger partial charge >= 0.3 is 0 Å². The molecule has 0 radical (unpaired) electrons. The second kappa shape index (κ2) is 6.63. The van der Waals surface area contributed by atoms with Crippen molar-refractivity contribution in [3.63, 3.8) is 0 Å². The second-order valence-electron chi connectivity index (χ2n) is 5.54. The van der Waals surface area contributed by atoms with Crippen molar-refractivity contribution < 1.29 is 4.79 Å². The van der Waals surface area contributed by atoms with Crippen molar-refractivity contribution in [2.75, 3.05) is 7.05 Å². The normalized spacial score (nSPS) is 14.6. The number of thiophene rings is 2. The summed E-state index contributed by atoms with van der Waals surface area (Å²) in [6.07, 6.45) is 6.13. The number of rotatable bonds is 3. The van der Waals surface area contributed by atoms with Crippen LogP contribution in [-0.4, -0.2) is 17.9 Å². The molecule has 2 aromatic rings. The van der Waals surface area contributed by atoms with Gasteiger partial charge in [-0.15, -0.1) is 22.7 Å². The first-order valence-electron chi connectivity index (χ1n) is 7.23. The van der Waals surface area contributed by atoms with Gasteiger partial charge in [-0.1, -0.05) is 6.42 Å². The third-order valence-electron chi connectivity index (χ3n) is 3.85. The molecule has 0 fully saturated rings. The van der Waals surface area contributed by atoms with E-state index in [1.165, 1.54) is 35.3 Å². The Bertz CT molecular complexity index is 623. The van der Waals surface area contributed by atoms with Gasteiger partial charge in [0.15, 0.2) is 0 Å². The van der Waals surface area contributed by atoms with E-state index >= 15 is 0 Å². The maximum absolute atomic E-state index is 12.6. The Morgan fingerprint density at radius 3 is 2.86 bits per heavy atom. The molecule has 0 aliphatic heterocycles. The summed E-state index contributed by atoms with van der Waals surface area (Å²) in [5.41, 5.74) is 2.59. The molecule has 5 heteroatoms. The van der Waals surface area contributed by atoms with Crippen LogP contribution in [0.4, 0.5) is 0 Å². The number of hydrogen-bond donors (Lipinski definition) is 0. The van der Waals surface area contributed by atoms with Crippen molar-refractivity contribution in [2.24, 2.45) is 0 Å². The number of aryl methyl sites for hydroxylation is 2. The molecule has 0 aromatic carbocycles. The molecular formula is C16H18BrNOS2. The SMILES string of the molecule is CN(Cc1csc(Br)c1)C(=O)c1cc2c(s1)CCCCC2. The molecule has 21 heavy (non-hydrogen) atoms. The highest BCUT2D eigenvalue weighted by molar-refractivity contribution is 9.11. The van der Waals surface area contributed by atoms with Crippen LogP contribution in [0.2, 0.25) is 0 Å². The molecule has 2 nitrogen and oxygen atoms in total. The summed E-state index contributed by atoms with van der Waals surface area (Å²) < 4.78 is 1.11. The van der Waals surface area contributed by atoms with E-state index in [4.69, 9.17) is 0 Å². The van der Waals surface area contributed by atoms with Crippen LogP contribution < -0.4 is 0 Å². The van der Waals surface area contributed by atoms with E-state index in [0.717, 1.165) is 21.5 Å². The zero-order valence-electron chi connectivity index (χ0n) is 12.0. The summed E-state index contributed by atoms with van der Waals surface area (Å²) in [6, 6.07) is 4.21. The Labute approximate surface area is 141 Å². The Kier molecular flexibility index (Phi) is 4.82. The fourth-order valence-electron chi connectivity index (χ4n) is 2.74. The van der Waals surface area contributed by atoms with Crippen molar-refractivity contribution in [3.8, 4) is 0 Å². The van der Waals surface area contributed by atoms with Gasteiger partial charge in [-0.2, -0.15) is 0 Å². The quantitative estimate of drug-likeness (QED) is 0.673. The summed E-state index contributed by atoms with van der Waals surface area (Å²) in [4.78, 5) is 16.7. The third-order valence-corrected chi connectivity index (χ3v) is 6.62. The first-order chi connectivity index (χ1) is 10.1. The minimum atomic E-state index is 0.149. The van der Waals surface area contributed by atoms with E-state index in [1.807, 2.05) is 11.9 Å². The van der Waals surface area contributed by atoms with Gasteiger partial charge in [0, 0.05) is 18.5 Å². The van der Waals surface area contributed by atoms with Crippen LogP contribution >= 0.6 is 38.6 Å². The molecule has 0 bridgehead atoms. The van der Waals surface area contributed by atoms with Gasteiger partial charge in [-0.3, -0.25) is 4.79 Å². The van der Waals surface area contributed by atoms with Crippen LogP contribution in [0.3, 0.4) is 0 Å². The van der Waals surface area contributed by atoms with E-state index in [1.54, 1.807) is 22.7 Å². The van der Waals surface area contributed by atoms with Gasteiger partial charge in [0.2, 0.25) is 0 Å². The maximum atomic E-state index is 12.6. The molecule has 112 valence electrons. The second-order valence-corrected chi connectivity index (χ2v) is 8.97. The van der Waals surface area contributed by atoms with Gasteiger partial charge < -0.3 is 4.90 Å². The molecule has 2 heterocycles. The molecule has 0 spiro atoms. The first kappa shape index (κ1) is 15.3. The first-order valence-corrected chi connectivity index (χ1v) is 9.72. The molecule has 2 aromatic heterocycles. The number of hydrogen-bond acceptors (Lipinski definition) is 3. The predicted octanol–water partition coefficient (Wildman–Crippen LogP) is 5.11. The number of nitrogens with zero attached hydrogens (tertiary/aromatic N) is 1. The Morgan fingerprint density at radius 1 is 1.29 bits per heavy atom. The Hall–Kier alpha value is -0.650. The van der Waals surface area contributed by atoms with Crippen molar-refractivity contribution in [3.05, 3.63) is 42.2 Å². The number of amides is 1. The van der Waals surface area contributed by atoms with Crippen LogP contribution in [0.1, 0.15) is 44.9 Å². The van der Waals surface area contributed by atoms with Crippen molar-refractivity contribution >= 4 is 44.5 Å². The van der Waals surface area contributed by atoms with Crippen LogP contribution in [0.5, 0.6) is 0 Å². The van der Waals surface area contributed by atoms with Gasteiger partial charge in [0.05, 0.1) is 8.66 Å². The lowest BCUT2D eigenvalue weighted by molar-refractivity contribution is 0.0790. The summed E-state index contributed by atoms with van der Waals surface area (Å²) in [5, 5.41) is 2.09. The summed E-state index contributed by atoms with van der Waals surface area (Å²) >= 11 is 6.83. The van der Waals surface area contributed by atoms with Gasteiger partial charge in [-0.25, -0.2) is 0 Å². The van der Waals surface area contributed by atoms with Crippen LogP contribution in [0.15, 0.2) is 21.3 Å². The average molecular weight is 384 g/mol. The smallest absolute Gasteiger partial charge is 0.263 e. The molecule has 1 aliphatic rings. The molecule has 1 aliphatic carbocycles. The fourth-order valence-corrected chi connectivity index (χ4v) is 5.18. The summed E-state index contributed by atoms with van der Waals surface area (Å²) in [5.74, 6) is 0.149. The zero-order valence-corrected chi connectivity index (χ0v) is 15.2. The highest BCUT2D eigenvalue weighted by atomic mass is 79.9. The Morgan fingerprint density at radius 2 is 2.10 bits per heavy atom. The highest BCUT2D eigenvalue weighted by Crippen LogP contribution is 2.30.